The first kappa shape index (κ1) is 16.9. The number of aliphatic hydroxyl groups is 1. The molecule has 1 atom stereocenters. The highest BCUT2D eigenvalue weighted by Crippen LogP contribution is 2.16. The Labute approximate surface area is 124 Å². The number of carbonyl (C=O) groups is 1. The van der Waals surface area contributed by atoms with E-state index in [4.69, 9.17) is 11.6 Å². The molecule has 0 saturated heterocycles. The van der Waals surface area contributed by atoms with Gasteiger partial charge in [-0.25, -0.2) is 9.97 Å². The maximum atomic E-state index is 12.0. The molecular formula is C14H22ClN3O2. The van der Waals surface area contributed by atoms with E-state index in [0.29, 0.717) is 18.2 Å². The number of rotatable bonds is 6. The Morgan fingerprint density at radius 3 is 2.60 bits per heavy atom. The van der Waals surface area contributed by atoms with Crippen molar-refractivity contribution in [3.05, 3.63) is 22.7 Å². The lowest BCUT2D eigenvalue weighted by molar-refractivity contribution is 0.0895. The van der Waals surface area contributed by atoms with Crippen LogP contribution in [0.2, 0.25) is 5.02 Å². The van der Waals surface area contributed by atoms with Crippen LogP contribution < -0.4 is 5.32 Å². The molecule has 20 heavy (non-hydrogen) atoms. The van der Waals surface area contributed by atoms with E-state index in [-0.39, 0.29) is 29.1 Å². The highest BCUT2D eigenvalue weighted by Gasteiger charge is 2.16. The van der Waals surface area contributed by atoms with Crippen LogP contribution in [-0.4, -0.2) is 33.6 Å². The predicted molar refractivity (Wildman–Crippen MR) is 78.9 cm³/mol. The van der Waals surface area contributed by atoms with Gasteiger partial charge in [-0.3, -0.25) is 4.79 Å². The van der Waals surface area contributed by atoms with Gasteiger partial charge in [-0.05, 0) is 12.3 Å². The SMILES string of the molecule is CC(C)C[C@@H](O)CNC(=O)c1nc(C(C)C)ncc1Cl. The third kappa shape index (κ3) is 5.06. The quantitative estimate of drug-likeness (QED) is 0.846. The van der Waals surface area contributed by atoms with Crippen LogP contribution in [0.5, 0.6) is 0 Å². The van der Waals surface area contributed by atoms with E-state index in [1.165, 1.54) is 6.20 Å². The first-order valence-corrected chi connectivity index (χ1v) is 7.17. The minimum Gasteiger partial charge on any atom is -0.391 e. The molecule has 112 valence electrons. The standard InChI is InChI=1S/C14H22ClN3O2/c1-8(2)5-10(19)6-17-14(20)12-11(15)7-16-13(18-12)9(3)4/h7-10,19H,5-6H2,1-4H3,(H,17,20)/t10-/m1/s1. The molecular weight excluding hydrogens is 278 g/mol. The first-order valence-electron chi connectivity index (χ1n) is 6.80. The highest BCUT2D eigenvalue weighted by atomic mass is 35.5. The van der Waals surface area contributed by atoms with Gasteiger partial charge in [0, 0.05) is 12.5 Å². The van der Waals surface area contributed by atoms with Crippen molar-refractivity contribution in [2.75, 3.05) is 6.54 Å². The molecule has 0 bridgehead atoms. The Bertz CT molecular complexity index is 464. The van der Waals surface area contributed by atoms with Gasteiger partial charge in [0.1, 0.15) is 11.5 Å². The third-order valence-corrected chi connectivity index (χ3v) is 3.01. The Morgan fingerprint density at radius 2 is 2.05 bits per heavy atom. The Morgan fingerprint density at radius 1 is 1.40 bits per heavy atom. The van der Waals surface area contributed by atoms with Gasteiger partial charge in [0.2, 0.25) is 0 Å². The van der Waals surface area contributed by atoms with Gasteiger partial charge in [0.05, 0.1) is 17.3 Å². The minimum absolute atomic E-state index is 0.116. The minimum atomic E-state index is -0.566. The molecule has 6 heteroatoms. The Balaban J connectivity index is 2.70. The van der Waals surface area contributed by atoms with E-state index >= 15 is 0 Å². The summed E-state index contributed by atoms with van der Waals surface area (Å²) in [6, 6.07) is 0. The van der Waals surface area contributed by atoms with Crippen molar-refractivity contribution in [2.45, 2.75) is 46.1 Å². The molecule has 0 aliphatic carbocycles. The molecule has 5 nitrogen and oxygen atoms in total. The summed E-state index contributed by atoms with van der Waals surface area (Å²) in [5.41, 5.74) is 0.155. The van der Waals surface area contributed by atoms with Gasteiger partial charge in [-0.2, -0.15) is 0 Å². The summed E-state index contributed by atoms with van der Waals surface area (Å²) < 4.78 is 0. The van der Waals surface area contributed by atoms with Gasteiger partial charge in [0.15, 0.2) is 0 Å². The second kappa shape index (κ2) is 7.55. The van der Waals surface area contributed by atoms with Gasteiger partial charge < -0.3 is 10.4 Å². The van der Waals surface area contributed by atoms with E-state index in [1.807, 2.05) is 27.7 Å². The van der Waals surface area contributed by atoms with Crippen molar-refractivity contribution in [1.29, 1.82) is 0 Å². The van der Waals surface area contributed by atoms with Gasteiger partial charge in [-0.15, -0.1) is 0 Å². The number of nitrogens with zero attached hydrogens (tertiary/aromatic N) is 2. The summed E-state index contributed by atoms with van der Waals surface area (Å²) in [7, 11) is 0. The highest BCUT2D eigenvalue weighted by molar-refractivity contribution is 6.33. The average molecular weight is 300 g/mol. The predicted octanol–water partition coefficient (Wildman–Crippen LogP) is 2.39. The Kier molecular flexibility index (Phi) is 6.36. The monoisotopic (exact) mass is 299 g/mol. The zero-order chi connectivity index (χ0) is 15.3. The first-order chi connectivity index (χ1) is 9.31. The maximum Gasteiger partial charge on any atom is 0.271 e. The zero-order valence-corrected chi connectivity index (χ0v) is 13.1. The fourth-order valence-electron chi connectivity index (χ4n) is 1.74. The average Bonchev–Trinajstić information content (AvgIpc) is 2.35. The van der Waals surface area contributed by atoms with Crippen LogP contribution in [-0.2, 0) is 0 Å². The van der Waals surface area contributed by atoms with Crippen LogP contribution in [0.3, 0.4) is 0 Å². The van der Waals surface area contributed by atoms with Crippen LogP contribution in [0.15, 0.2) is 6.20 Å². The van der Waals surface area contributed by atoms with Gasteiger partial charge >= 0.3 is 0 Å². The van der Waals surface area contributed by atoms with E-state index < -0.39 is 6.10 Å². The van der Waals surface area contributed by atoms with Crippen LogP contribution in [0.1, 0.15) is 56.3 Å². The number of hydrogen-bond donors (Lipinski definition) is 2. The molecule has 1 rings (SSSR count). The van der Waals surface area contributed by atoms with Gasteiger partial charge in [-0.1, -0.05) is 39.3 Å². The summed E-state index contributed by atoms with van der Waals surface area (Å²) in [5, 5.41) is 12.6. The second-order valence-electron chi connectivity index (χ2n) is 5.57. The van der Waals surface area contributed by atoms with E-state index in [1.54, 1.807) is 0 Å². The number of nitrogens with one attached hydrogen (secondary N) is 1. The maximum absolute atomic E-state index is 12.0. The molecule has 1 aromatic rings. The number of aromatic nitrogens is 2. The molecule has 0 aliphatic rings. The van der Waals surface area contributed by atoms with E-state index in [0.717, 1.165) is 0 Å². The van der Waals surface area contributed by atoms with Crippen molar-refractivity contribution in [2.24, 2.45) is 5.92 Å². The number of carbonyl (C=O) groups excluding carboxylic acids is 1. The van der Waals surface area contributed by atoms with E-state index in [9.17, 15) is 9.90 Å². The van der Waals surface area contributed by atoms with Crippen LogP contribution in [0, 0.1) is 5.92 Å². The van der Waals surface area contributed by atoms with Crippen molar-refractivity contribution in [1.82, 2.24) is 15.3 Å². The van der Waals surface area contributed by atoms with Crippen LogP contribution in [0.4, 0.5) is 0 Å². The summed E-state index contributed by atoms with van der Waals surface area (Å²) in [4.78, 5) is 20.3. The smallest absolute Gasteiger partial charge is 0.271 e. The lowest BCUT2D eigenvalue weighted by Crippen LogP contribution is -2.33. The molecule has 0 aliphatic heterocycles. The summed E-state index contributed by atoms with van der Waals surface area (Å²) in [6.07, 6.45) is 1.50. The number of aliphatic hydroxyl groups excluding tert-OH is 1. The fourth-order valence-corrected chi connectivity index (χ4v) is 1.92. The molecule has 1 amide bonds. The zero-order valence-electron chi connectivity index (χ0n) is 12.4. The van der Waals surface area contributed by atoms with Crippen molar-refractivity contribution in [3.63, 3.8) is 0 Å². The number of amides is 1. The molecule has 0 fully saturated rings. The molecule has 0 unspecified atom stereocenters. The summed E-state index contributed by atoms with van der Waals surface area (Å²) in [6.45, 7) is 8.10. The van der Waals surface area contributed by atoms with Crippen molar-refractivity contribution in [3.8, 4) is 0 Å². The largest absolute Gasteiger partial charge is 0.391 e. The molecule has 0 radical (unpaired) electrons. The number of hydrogen-bond acceptors (Lipinski definition) is 4. The molecule has 1 aromatic heterocycles. The van der Waals surface area contributed by atoms with Crippen molar-refractivity contribution >= 4 is 17.5 Å². The van der Waals surface area contributed by atoms with Gasteiger partial charge in [0.25, 0.3) is 5.91 Å². The summed E-state index contributed by atoms with van der Waals surface area (Å²) in [5.74, 6) is 0.673. The summed E-state index contributed by atoms with van der Waals surface area (Å²) >= 11 is 5.95. The lowest BCUT2D eigenvalue weighted by atomic mass is 10.1. The normalized spacial score (nSPS) is 12.8. The van der Waals surface area contributed by atoms with E-state index in [2.05, 4.69) is 15.3 Å². The molecule has 0 aromatic carbocycles. The fraction of sp³-hybridized carbons (Fsp3) is 0.643. The second-order valence-corrected chi connectivity index (χ2v) is 5.98. The topological polar surface area (TPSA) is 75.1 Å². The molecule has 0 saturated carbocycles. The molecule has 2 N–H and O–H groups in total. The Hall–Kier alpha value is -1.20. The van der Waals surface area contributed by atoms with Crippen molar-refractivity contribution < 1.29 is 9.90 Å². The lowest BCUT2D eigenvalue weighted by Gasteiger charge is -2.14. The molecule has 0 spiro atoms. The van der Waals surface area contributed by atoms with Crippen LogP contribution >= 0.6 is 11.6 Å². The number of halogens is 1. The third-order valence-electron chi connectivity index (χ3n) is 2.74. The molecule has 1 heterocycles. The van der Waals surface area contributed by atoms with Crippen LogP contribution in [0.25, 0.3) is 0 Å².